The number of rotatable bonds is 3. The molecule has 0 spiro atoms. The second kappa shape index (κ2) is 7.90. The first kappa shape index (κ1) is 17.9. The van der Waals surface area contributed by atoms with E-state index in [0.717, 1.165) is 18.8 Å². The number of nitro benzene ring substituents is 1. The molecular formula is C17H18ClN3O3. The Morgan fingerprint density at radius 1 is 1.00 bits per heavy atom. The highest BCUT2D eigenvalue weighted by molar-refractivity contribution is 5.94. The molecule has 0 bridgehead atoms. The van der Waals surface area contributed by atoms with Crippen molar-refractivity contribution >= 4 is 17.3 Å². The van der Waals surface area contributed by atoms with Crippen LogP contribution in [0.5, 0.6) is 0 Å². The van der Waals surface area contributed by atoms with Crippen molar-refractivity contribution in [2.75, 3.05) is 26.2 Å². The van der Waals surface area contributed by atoms with E-state index in [1.165, 1.54) is 17.0 Å². The van der Waals surface area contributed by atoms with E-state index < -0.39 is 4.92 Å². The Bertz CT molecular complexity index is 699. The second-order valence-electron chi connectivity index (χ2n) is 5.57. The number of amides is 1. The fourth-order valence-electron chi connectivity index (χ4n) is 2.85. The van der Waals surface area contributed by atoms with Crippen molar-refractivity contribution in [1.82, 2.24) is 4.90 Å². The maximum atomic E-state index is 12.4. The van der Waals surface area contributed by atoms with Crippen molar-refractivity contribution in [2.24, 2.45) is 0 Å². The van der Waals surface area contributed by atoms with Crippen molar-refractivity contribution in [1.29, 1.82) is 0 Å². The zero-order valence-electron chi connectivity index (χ0n) is 13.0. The lowest BCUT2D eigenvalue weighted by Gasteiger charge is -2.32. The van der Waals surface area contributed by atoms with Gasteiger partial charge in [-0.3, -0.25) is 19.8 Å². The summed E-state index contributed by atoms with van der Waals surface area (Å²) in [6, 6.07) is 15.9. The van der Waals surface area contributed by atoms with Gasteiger partial charge in [0.15, 0.2) is 0 Å². The van der Waals surface area contributed by atoms with Crippen LogP contribution in [0, 0.1) is 10.1 Å². The Morgan fingerprint density at radius 2 is 1.58 bits per heavy atom. The van der Waals surface area contributed by atoms with E-state index in [9.17, 15) is 14.9 Å². The van der Waals surface area contributed by atoms with Gasteiger partial charge in [0.2, 0.25) is 0 Å². The average molecular weight is 348 g/mol. The molecule has 0 aromatic heterocycles. The van der Waals surface area contributed by atoms with Gasteiger partial charge in [0.25, 0.3) is 11.6 Å². The highest BCUT2D eigenvalue weighted by Crippen LogP contribution is 2.13. The fraction of sp³-hybridized carbons (Fsp3) is 0.235. The van der Waals surface area contributed by atoms with E-state index in [1.54, 1.807) is 12.1 Å². The normalized spacial score (nSPS) is 14.8. The number of piperazine rings is 1. The van der Waals surface area contributed by atoms with Crippen LogP contribution in [0.15, 0.2) is 54.6 Å². The number of benzene rings is 2. The number of hydrogen-bond acceptors (Lipinski definition) is 3. The summed E-state index contributed by atoms with van der Waals surface area (Å²) in [5, 5.41) is 10.7. The molecule has 0 radical (unpaired) electrons. The molecule has 1 aliphatic heterocycles. The maximum absolute atomic E-state index is 12.4. The van der Waals surface area contributed by atoms with E-state index in [2.05, 4.69) is 0 Å². The first-order valence-corrected chi connectivity index (χ1v) is 7.59. The zero-order valence-corrected chi connectivity index (χ0v) is 13.8. The summed E-state index contributed by atoms with van der Waals surface area (Å²) < 4.78 is 0. The van der Waals surface area contributed by atoms with Crippen molar-refractivity contribution in [3.05, 3.63) is 70.3 Å². The van der Waals surface area contributed by atoms with Gasteiger partial charge in [-0.25, -0.2) is 0 Å². The molecule has 2 aromatic rings. The molecule has 3 rings (SSSR count). The third-order valence-electron chi connectivity index (χ3n) is 4.16. The van der Waals surface area contributed by atoms with E-state index in [1.807, 2.05) is 35.2 Å². The van der Waals surface area contributed by atoms with Crippen LogP contribution in [-0.2, 0) is 0 Å². The highest BCUT2D eigenvalue weighted by Gasteiger charge is 2.25. The number of halogens is 1. The van der Waals surface area contributed by atoms with Crippen molar-refractivity contribution in [3.63, 3.8) is 0 Å². The molecule has 126 valence electrons. The first-order chi connectivity index (χ1) is 11.1. The standard InChI is InChI=1S/C17H17N3O3.ClH/c21-17(14-4-2-1-3-5-14)19-12-10-18(11-13-19)15-6-8-16(9-7-15)20(22)23;/h1-9H,10-13H2;1H. The van der Waals surface area contributed by atoms with Gasteiger partial charge in [0, 0.05) is 29.8 Å². The third-order valence-corrected chi connectivity index (χ3v) is 4.16. The molecule has 24 heavy (non-hydrogen) atoms. The minimum atomic E-state index is -0.393. The molecule has 1 heterocycles. The van der Waals surface area contributed by atoms with Gasteiger partial charge in [-0.15, -0.1) is 0 Å². The summed E-state index contributed by atoms with van der Waals surface area (Å²) >= 11 is 0. The number of carbonyl (C=O) groups is 1. The third kappa shape index (κ3) is 3.90. The Labute approximate surface area is 146 Å². The van der Waals surface area contributed by atoms with E-state index in [0.29, 0.717) is 18.7 Å². The quantitative estimate of drug-likeness (QED) is 0.530. The summed E-state index contributed by atoms with van der Waals surface area (Å²) in [4.78, 5) is 25.8. The molecule has 6 nitrogen and oxygen atoms in total. The monoisotopic (exact) mass is 347 g/mol. The van der Waals surface area contributed by atoms with Crippen molar-refractivity contribution in [2.45, 2.75) is 0 Å². The maximum Gasteiger partial charge on any atom is 0.269 e. The van der Waals surface area contributed by atoms with Gasteiger partial charge in [-0.2, -0.15) is 0 Å². The number of nitro groups is 1. The van der Waals surface area contributed by atoms with E-state index in [4.69, 9.17) is 0 Å². The van der Waals surface area contributed by atoms with Gasteiger partial charge in [0.1, 0.15) is 5.69 Å². The number of nitrogens with zero attached hydrogens (tertiary/aromatic N) is 2. The van der Waals surface area contributed by atoms with Crippen LogP contribution < -0.4 is 17.3 Å². The zero-order chi connectivity index (χ0) is 16.2. The van der Waals surface area contributed by atoms with Gasteiger partial charge in [0.05, 0.1) is 31.1 Å². The van der Waals surface area contributed by atoms with Crippen LogP contribution in [0.4, 0.5) is 11.4 Å². The molecular weight excluding hydrogens is 330 g/mol. The van der Waals surface area contributed by atoms with Crippen LogP contribution in [0.1, 0.15) is 10.4 Å². The van der Waals surface area contributed by atoms with Crippen LogP contribution >= 0.6 is 0 Å². The number of hydrogen-bond donors (Lipinski definition) is 1. The van der Waals surface area contributed by atoms with Gasteiger partial charge in [-0.1, -0.05) is 18.2 Å². The number of carbonyl (C=O) groups excluding carboxylic acids is 1. The largest absolute Gasteiger partial charge is 1.00 e. The van der Waals surface area contributed by atoms with Gasteiger partial charge < -0.3 is 17.3 Å². The summed E-state index contributed by atoms with van der Waals surface area (Å²) in [6.07, 6.45) is 0. The lowest BCUT2D eigenvalue weighted by Crippen LogP contribution is -3.10. The van der Waals surface area contributed by atoms with Crippen LogP contribution in [-0.4, -0.2) is 41.9 Å². The fourth-order valence-corrected chi connectivity index (χ4v) is 2.85. The Hall–Kier alpha value is -2.44. The van der Waals surface area contributed by atoms with Gasteiger partial charge >= 0.3 is 0 Å². The molecule has 1 N–H and O–H groups in total. The first-order valence-electron chi connectivity index (χ1n) is 7.59. The predicted molar refractivity (Wildman–Crippen MR) is 85.8 cm³/mol. The van der Waals surface area contributed by atoms with Crippen molar-refractivity contribution in [3.8, 4) is 0 Å². The molecule has 0 aliphatic carbocycles. The molecule has 1 amide bonds. The summed E-state index contributed by atoms with van der Waals surface area (Å²) in [6.45, 7) is 2.97. The van der Waals surface area contributed by atoms with E-state index >= 15 is 0 Å². The second-order valence-corrected chi connectivity index (χ2v) is 5.57. The molecule has 1 saturated heterocycles. The highest BCUT2D eigenvalue weighted by atomic mass is 35.5. The summed E-state index contributed by atoms with van der Waals surface area (Å²) in [5.41, 5.74) is 1.85. The molecule has 2 aromatic carbocycles. The number of non-ortho nitro benzene ring substituents is 1. The van der Waals surface area contributed by atoms with Crippen molar-refractivity contribution < 1.29 is 27.0 Å². The molecule has 1 aliphatic rings. The molecule has 7 heteroatoms. The topological polar surface area (TPSA) is 67.9 Å². The molecule has 0 unspecified atom stereocenters. The van der Waals surface area contributed by atoms with Crippen LogP contribution in [0.2, 0.25) is 0 Å². The average Bonchev–Trinajstić information content (AvgIpc) is 2.62. The summed E-state index contributed by atoms with van der Waals surface area (Å²) in [5.74, 6) is 0.0633. The number of nitrogens with one attached hydrogen (secondary N) is 1. The van der Waals surface area contributed by atoms with Crippen LogP contribution in [0.3, 0.4) is 0 Å². The summed E-state index contributed by atoms with van der Waals surface area (Å²) in [7, 11) is 0. The SMILES string of the molecule is O=C(c1ccccc1)N1CC[NH+](c2ccc([N+](=O)[O-])cc2)CC1.[Cl-]. The lowest BCUT2D eigenvalue weighted by atomic mass is 10.1. The smallest absolute Gasteiger partial charge is 0.269 e. The Kier molecular flexibility index (Phi) is 5.89. The minimum absolute atomic E-state index is 0. The minimum Gasteiger partial charge on any atom is -1.00 e. The van der Waals surface area contributed by atoms with E-state index in [-0.39, 0.29) is 24.0 Å². The lowest BCUT2D eigenvalue weighted by molar-refractivity contribution is -0.837. The van der Waals surface area contributed by atoms with Gasteiger partial charge in [-0.05, 0) is 12.1 Å². The van der Waals surface area contributed by atoms with Crippen LogP contribution in [0.25, 0.3) is 0 Å². The predicted octanol–water partition coefficient (Wildman–Crippen LogP) is -1.73. The molecule has 0 atom stereocenters. The number of quaternary nitrogens is 1. The molecule has 0 saturated carbocycles. The Morgan fingerprint density at radius 3 is 2.12 bits per heavy atom. The Balaban J connectivity index is 0.00000208. The molecule has 1 fully saturated rings.